The van der Waals surface area contributed by atoms with Crippen LogP contribution < -0.4 is 10.6 Å². The summed E-state index contributed by atoms with van der Waals surface area (Å²) < 4.78 is 22.4. The smallest absolute Gasteiger partial charge is 0.223 e. The second-order valence-corrected chi connectivity index (χ2v) is 9.40. The standard InChI is InChI=1S/C22H22N6O2S/c1-31(29,30)12-11-24-21-7-4-16(14-26-21)15-27-22-25-10-8-20(28-22)18-5-6-19-17(13-18)3-2-9-23-19/h2-10,13-14H,11-12,15H2,1H3,(H,24,26)(H,25,27,28). The zero-order valence-electron chi connectivity index (χ0n) is 17.0. The van der Waals surface area contributed by atoms with Gasteiger partial charge in [0.15, 0.2) is 0 Å². The molecule has 4 aromatic rings. The predicted octanol–water partition coefficient (Wildman–Crippen LogP) is 3.16. The molecule has 158 valence electrons. The van der Waals surface area contributed by atoms with E-state index in [0.29, 0.717) is 24.9 Å². The minimum atomic E-state index is -2.99. The van der Waals surface area contributed by atoms with E-state index in [0.717, 1.165) is 27.7 Å². The Bertz CT molecular complexity index is 1290. The van der Waals surface area contributed by atoms with E-state index in [1.54, 1.807) is 18.6 Å². The molecule has 3 aromatic heterocycles. The van der Waals surface area contributed by atoms with Gasteiger partial charge in [-0.3, -0.25) is 4.98 Å². The quantitative estimate of drug-likeness (QED) is 0.435. The van der Waals surface area contributed by atoms with Crippen molar-refractivity contribution in [3.05, 3.63) is 72.7 Å². The van der Waals surface area contributed by atoms with Crippen molar-refractivity contribution in [2.75, 3.05) is 29.2 Å². The first-order valence-electron chi connectivity index (χ1n) is 9.75. The lowest BCUT2D eigenvalue weighted by Crippen LogP contribution is -2.14. The molecule has 8 nitrogen and oxygen atoms in total. The maximum absolute atomic E-state index is 11.2. The maximum Gasteiger partial charge on any atom is 0.223 e. The Morgan fingerprint density at radius 1 is 0.935 bits per heavy atom. The molecule has 0 atom stereocenters. The summed E-state index contributed by atoms with van der Waals surface area (Å²) in [4.78, 5) is 17.6. The molecule has 0 spiro atoms. The molecule has 0 saturated heterocycles. The van der Waals surface area contributed by atoms with Crippen molar-refractivity contribution in [1.82, 2.24) is 19.9 Å². The molecule has 0 amide bonds. The van der Waals surface area contributed by atoms with Crippen LogP contribution in [0.1, 0.15) is 5.56 Å². The van der Waals surface area contributed by atoms with Crippen LogP contribution in [-0.4, -0.2) is 46.9 Å². The van der Waals surface area contributed by atoms with Crippen molar-refractivity contribution >= 4 is 32.5 Å². The number of fused-ring (bicyclic) bond motifs is 1. The van der Waals surface area contributed by atoms with Gasteiger partial charge in [0, 0.05) is 48.9 Å². The van der Waals surface area contributed by atoms with Crippen LogP contribution in [0.3, 0.4) is 0 Å². The molecule has 2 N–H and O–H groups in total. The van der Waals surface area contributed by atoms with Gasteiger partial charge in [-0.15, -0.1) is 0 Å². The summed E-state index contributed by atoms with van der Waals surface area (Å²) in [5, 5.41) is 7.28. The molecule has 0 radical (unpaired) electrons. The molecule has 4 rings (SSSR count). The van der Waals surface area contributed by atoms with Crippen molar-refractivity contribution in [2.24, 2.45) is 0 Å². The molecule has 0 aliphatic heterocycles. The Labute approximate surface area is 180 Å². The number of benzene rings is 1. The first-order chi connectivity index (χ1) is 15.0. The van der Waals surface area contributed by atoms with Gasteiger partial charge in [-0.2, -0.15) is 0 Å². The lowest BCUT2D eigenvalue weighted by molar-refractivity contribution is 0.602. The number of aromatic nitrogens is 4. The van der Waals surface area contributed by atoms with E-state index in [1.807, 2.05) is 42.5 Å². The van der Waals surface area contributed by atoms with Crippen molar-refractivity contribution in [1.29, 1.82) is 0 Å². The molecular formula is C22H22N6O2S. The van der Waals surface area contributed by atoms with Gasteiger partial charge in [0.05, 0.1) is 17.0 Å². The Morgan fingerprint density at radius 3 is 2.65 bits per heavy atom. The van der Waals surface area contributed by atoms with Gasteiger partial charge >= 0.3 is 0 Å². The van der Waals surface area contributed by atoms with Gasteiger partial charge in [-0.1, -0.05) is 18.2 Å². The highest BCUT2D eigenvalue weighted by molar-refractivity contribution is 7.90. The van der Waals surface area contributed by atoms with Crippen LogP contribution in [0.4, 0.5) is 11.8 Å². The summed E-state index contributed by atoms with van der Waals surface area (Å²) in [6.45, 7) is 0.844. The highest BCUT2D eigenvalue weighted by Gasteiger charge is 2.05. The van der Waals surface area contributed by atoms with Crippen LogP contribution in [0, 0.1) is 0 Å². The van der Waals surface area contributed by atoms with Gasteiger partial charge in [0.1, 0.15) is 15.7 Å². The van der Waals surface area contributed by atoms with Gasteiger partial charge in [-0.05, 0) is 35.9 Å². The molecule has 31 heavy (non-hydrogen) atoms. The van der Waals surface area contributed by atoms with E-state index < -0.39 is 9.84 Å². The number of anilines is 2. The molecule has 0 saturated carbocycles. The monoisotopic (exact) mass is 434 g/mol. The molecule has 0 aliphatic carbocycles. The third kappa shape index (κ3) is 5.73. The van der Waals surface area contributed by atoms with E-state index in [9.17, 15) is 8.42 Å². The van der Waals surface area contributed by atoms with E-state index in [-0.39, 0.29) is 5.75 Å². The molecular weight excluding hydrogens is 412 g/mol. The summed E-state index contributed by atoms with van der Waals surface area (Å²) >= 11 is 0. The fraction of sp³-hybridized carbons (Fsp3) is 0.182. The topological polar surface area (TPSA) is 110 Å². The van der Waals surface area contributed by atoms with Crippen molar-refractivity contribution in [2.45, 2.75) is 6.54 Å². The van der Waals surface area contributed by atoms with Crippen LogP contribution >= 0.6 is 0 Å². The average Bonchev–Trinajstić information content (AvgIpc) is 2.77. The fourth-order valence-corrected chi connectivity index (χ4v) is 3.49. The lowest BCUT2D eigenvalue weighted by atomic mass is 10.1. The molecule has 0 fully saturated rings. The van der Waals surface area contributed by atoms with E-state index in [4.69, 9.17) is 0 Å². The SMILES string of the molecule is CS(=O)(=O)CCNc1ccc(CNc2nccc(-c3ccc4ncccc4c3)n2)cn1. The van der Waals surface area contributed by atoms with Gasteiger partial charge in [-0.25, -0.2) is 23.4 Å². The second-order valence-electron chi connectivity index (χ2n) is 7.14. The van der Waals surface area contributed by atoms with Gasteiger partial charge in [0.2, 0.25) is 5.95 Å². The van der Waals surface area contributed by atoms with Crippen LogP contribution in [-0.2, 0) is 16.4 Å². The molecule has 3 heterocycles. The van der Waals surface area contributed by atoms with Crippen LogP contribution in [0.15, 0.2) is 67.1 Å². The third-order valence-electron chi connectivity index (χ3n) is 4.61. The Kier molecular flexibility index (Phi) is 6.03. The third-order valence-corrected chi connectivity index (χ3v) is 5.55. The van der Waals surface area contributed by atoms with Crippen LogP contribution in [0.25, 0.3) is 22.2 Å². The normalized spacial score (nSPS) is 11.4. The first kappa shape index (κ1) is 20.7. The highest BCUT2D eigenvalue weighted by atomic mass is 32.2. The number of nitrogens with one attached hydrogen (secondary N) is 2. The van der Waals surface area contributed by atoms with Crippen molar-refractivity contribution in [3.8, 4) is 11.3 Å². The summed E-state index contributed by atoms with van der Waals surface area (Å²) in [7, 11) is -2.99. The minimum Gasteiger partial charge on any atom is -0.369 e. The van der Waals surface area contributed by atoms with Gasteiger partial charge < -0.3 is 10.6 Å². The molecule has 9 heteroatoms. The maximum atomic E-state index is 11.2. The van der Waals surface area contributed by atoms with Crippen LogP contribution in [0.2, 0.25) is 0 Å². The van der Waals surface area contributed by atoms with Crippen LogP contribution in [0.5, 0.6) is 0 Å². The summed E-state index contributed by atoms with van der Waals surface area (Å²) in [6, 6.07) is 15.6. The summed E-state index contributed by atoms with van der Waals surface area (Å²) in [6.07, 6.45) is 6.45. The number of hydrogen-bond donors (Lipinski definition) is 2. The zero-order valence-corrected chi connectivity index (χ0v) is 17.8. The zero-order chi connectivity index (χ0) is 21.7. The Morgan fingerprint density at radius 2 is 1.84 bits per heavy atom. The summed E-state index contributed by atoms with van der Waals surface area (Å²) in [5.41, 5.74) is 3.73. The predicted molar refractivity (Wildman–Crippen MR) is 123 cm³/mol. The largest absolute Gasteiger partial charge is 0.369 e. The molecule has 1 aromatic carbocycles. The first-order valence-corrected chi connectivity index (χ1v) is 11.8. The second kappa shape index (κ2) is 9.05. The number of rotatable bonds is 8. The lowest BCUT2D eigenvalue weighted by Gasteiger charge is -2.08. The van der Waals surface area contributed by atoms with E-state index >= 15 is 0 Å². The molecule has 0 unspecified atom stereocenters. The Balaban J connectivity index is 1.39. The summed E-state index contributed by atoms with van der Waals surface area (Å²) in [5.74, 6) is 1.23. The molecule has 0 bridgehead atoms. The minimum absolute atomic E-state index is 0.0688. The van der Waals surface area contributed by atoms with Gasteiger partial charge in [0.25, 0.3) is 0 Å². The Hall–Kier alpha value is -3.59. The number of pyridine rings is 2. The van der Waals surface area contributed by atoms with E-state index in [2.05, 4.69) is 36.6 Å². The number of sulfone groups is 1. The molecule has 0 aliphatic rings. The highest BCUT2D eigenvalue weighted by Crippen LogP contribution is 2.22. The fourth-order valence-electron chi connectivity index (χ4n) is 3.02. The van der Waals surface area contributed by atoms with E-state index in [1.165, 1.54) is 6.26 Å². The number of nitrogens with zero attached hydrogens (tertiary/aromatic N) is 4. The van der Waals surface area contributed by atoms with Crippen molar-refractivity contribution in [3.63, 3.8) is 0 Å². The average molecular weight is 435 g/mol. The number of hydrogen-bond acceptors (Lipinski definition) is 8. The van der Waals surface area contributed by atoms with Crippen molar-refractivity contribution < 1.29 is 8.42 Å².